The van der Waals surface area contributed by atoms with Gasteiger partial charge in [0.25, 0.3) is 0 Å². The maximum absolute atomic E-state index is 6.01. The largest absolute Gasteiger partial charge is 0.493 e. The fourth-order valence-electron chi connectivity index (χ4n) is 2.18. The molecule has 1 aliphatic rings. The molecule has 1 aromatic carbocycles. The molecule has 0 aliphatic carbocycles. The Bertz CT molecular complexity index is 387. The lowest BCUT2D eigenvalue weighted by atomic mass is 10.1. The first-order chi connectivity index (χ1) is 8.72. The van der Waals surface area contributed by atoms with Gasteiger partial charge in [0.2, 0.25) is 0 Å². The predicted molar refractivity (Wildman–Crippen MR) is 70.1 cm³/mol. The molecule has 2 N–H and O–H groups in total. The van der Waals surface area contributed by atoms with Crippen LogP contribution in [0.15, 0.2) is 18.2 Å². The van der Waals surface area contributed by atoms with Gasteiger partial charge >= 0.3 is 0 Å². The highest BCUT2D eigenvalue weighted by Gasteiger charge is 2.19. The van der Waals surface area contributed by atoms with Gasteiger partial charge < -0.3 is 19.9 Å². The van der Waals surface area contributed by atoms with E-state index >= 15 is 0 Å². The van der Waals surface area contributed by atoms with Gasteiger partial charge in [0.05, 0.1) is 20.3 Å². The summed E-state index contributed by atoms with van der Waals surface area (Å²) in [5.74, 6) is 1.53. The monoisotopic (exact) mass is 251 g/mol. The molecule has 4 heteroatoms. The summed E-state index contributed by atoms with van der Waals surface area (Å²) in [5.41, 5.74) is 6.91. The highest BCUT2D eigenvalue weighted by Crippen LogP contribution is 2.35. The van der Waals surface area contributed by atoms with Crippen molar-refractivity contribution in [2.24, 2.45) is 5.73 Å². The average molecular weight is 251 g/mol. The zero-order chi connectivity index (χ0) is 13.0. The van der Waals surface area contributed by atoms with Crippen molar-refractivity contribution in [1.82, 2.24) is 0 Å². The first-order valence-corrected chi connectivity index (χ1v) is 6.39. The van der Waals surface area contributed by atoms with E-state index in [1.54, 1.807) is 7.11 Å². The van der Waals surface area contributed by atoms with Crippen LogP contribution in [-0.4, -0.2) is 26.4 Å². The molecule has 18 heavy (non-hydrogen) atoms. The van der Waals surface area contributed by atoms with E-state index in [0.29, 0.717) is 0 Å². The lowest BCUT2D eigenvalue weighted by molar-refractivity contribution is 0.0245. The summed E-state index contributed by atoms with van der Waals surface area (Å²) in [6.07, 6.45) is 2.05. The molecule has 0 radical (unpaired) electrons. The second-order valence-corrected chi connectivity index (χ2v) is 4.60. The molecule has 1 saturated heterocycles. The summed E-state index contributed by atoms with van der Waals surface area (Å²) in [5, 5.41) is 0. The molecular weight excluding hydrogens is 230 g/mol. The van der Waals surface area contributed by atoms with Crippen molar-refractivity contribution in [3.05, 3.63) is 23.8 Å². The number of methoxy groups -OCH3 is 1. The van der Waals surface area contributed by atoms with Gasteiger partial charge in [0.1, 0.15) is 6.10 Å². The second kappa shape index (κ2) is 6.07. The standard InChI is InChI=1S/C14H21NO3/c1-10(15)12-4-3-5-13(14(12)16-2)18-11-6-8-17-9-7-11/h3-5,10-11H,6-9,15H2,1-2H3. The van der Waals surface area contributed by atoms with Crippen LogP contribution < -0.4 is 15.2 Å². The normalized spacial score (nSPS) is 18.4. The fraction of sp³-hybridized carbons (Fsp3) is 0.571. The summed E-state index contributed by atoms with van der Waals surface area (Å²) in [6.45, 7) is 3.47. The summed E-state index contributed by atoms with van der Waals surface area (Å²) in [6, 6.07) is 5.79. The van der Waals surface area contributed by atoms with Crippen molar-refractivity contribution in [3.8, 4) is 11.5 Å². The maximum Gasteiger partial charge on any atom is 0.165 e. The Hall–Kier alpha value is -1.26. The van der Waals surface area contributed by atoms with Gasteiger partial charge in [0.15, 0.2) is 11.5 Å². The number of hydrogen-bond donors (Lipinski definition) is 1. The Kier molecular flexibility index (Phi) is 4.44. The third-order valence-electron chi connectivity index (χ3n) is 3.17. The molecule has 1 unspecified atom stereocenters. The molecule has 1 fully saturated rings. The first-order valence-electron chi connectivity index (χ1n) is 6.39. The summed E-state index contributed by atoms with van der Waals surface area (Å²) < 4.78 is 16.8. The van der Waals surface area contributed by atoms with Gasteiger partial charge in [-0.15, -0.1) is 0 Å². The topological polar surface area (TPSA) is 53.7 Å². The third kappa shape index (κ3) is 2.94. The molecule has 4 nitrogen and oxygen atoms in total. The molecule has 0 aromatic heterocycles. The molecule has 1 aliphatic heterocycles. The second-order valence-electron chi connectivity index (χ2n) is 4.60. The van der Waals surface area contributed by atoms with Gasteiger partial charge in [-0.25, -0.2) is 0 Å². The average Bonchev–Trinajstić information content (AvgIpc) is 2.39. The third-order valence-corrected chi connectivity index (χ3v) is 3.17. The maximum atomic E-state index is 6.01. The number of nitrogens with two attached hydrogens (primary N) is 1. The van der Waals surface area contributed by atoms with E-state index in [0.717, 1.165) is 43.1 Å². The van der Waals surface area contributed by atoms with Crippen LogP contribution in [0.4, 0.5) is 0 Å². The van der Waals surface area contributed by atoms with Crippen LogP contribution >= 0.6 is 0 Å². The van der Waals surface area contributed by atoms with E-state index in [1.165, 1.54) is 0 Å². The van der Waals surface area contributed by atoms with Crippen molar-refractivity contribution in [2.75, 3.05) is 20.3 Å². The lowest BCUT2D eigenvalue weighted by Crippen LogP contribution is -2.26. The Morgan fingerprint density at radius 1 is 1.33 bits per heavy atom. The minimum atomic E-state index is -0.0711. The zero-order valence-corrected chi connectivity index (χ0v) is 11.0. The number of hydrogen-bond acceptors (Lipinski definition) is 4. The summed E-state index contributed by atoms with van der Waals surface area (Å²) in [7, 11) is 1.65. The zero-order valence-electron chi connectivity index (χ0n) is 11.0. The van der Waals surface area contributed by atoms with E-state index < -0.39 is 0 Å². The number of ether oxygens (including phenoxy) is 3. The van der Waals surface area contributed by atoms with E-state index in [-0.39, 0.29) is 12.1 Å². The van der Waals surface area contributed by atoms with Crippen molar-refractivity contribution < 1.29 is 14.2 Å². The highest BCUT2D eigenvalue weighted by atomic mass is 16.5. The SMILES string of the molecule is COc1c(OC2CCOCC2)cccc1C(C)N. The molecule has 0 spiro atoms. The Morgan fingerprint density at radius 3 is 2.67 bits per heavy atom. The van der Waals surface area contributed by atoms with Crippen LogP contribution in [0.3, 0.4) is 0 Å². The van der Waals surface area contributed by atoms with Gasteiger partial charge in [0, 0.05) is 24.4 Å². The lowest BCUT2D eigenvalue weighted by Gasteiger charge is -2.25. The quantitative estimate of drug-likeness (QED) is 0.892. The van der Waals surface area contributed by atoms with Crippen LogP contribution in [-0.2, 0) is 4.74 Å². The summed E-state index contributed by atoms with van der Waals surface area (Å²) in [4.78, 5) is 0. The number of rotatable bonds is 4. The summed E-state index contributed by atoms with van der Waals surface area (Å²) >= 11 is 0. The van der Waals surface area contributed by atoms with Crippen LogP contribution in [0.25, 0.3) is 0 Å². The van der Waals surface area contributed by atoms with Gasteiger partial charge in [-0.1, -0.05) is 12.1 Å². The molecule has 0 amide bonds. The fourth-order valence-corrected chi connectivity index (χ4v) is 2.18. The molecule has 100 valence electrons. The van der Waals surface area contributed by atoms with Crippen LogP contribution in [0, 0.1) is 0 Å². The number of para-hydroxylation sites is 1. The van der Waals surface area contributed by atoms with Crippen molar-refractivity contribution in [2.45, 2.75) is 31.9 Å². The van der Waals surface area contributed by atoms with Crippen molar-refractivity contribution in [1.29, 1.82) is 0 Å². The van der Waals surface area contributed by atoms with Crippen molar-refractivity contribution >= 4 is 0 Å². The molecule has 0 saturated carbocycles. The van der Waals surface area contributed by atoms with E-state index in [2.05, 4.69) is 0 Å². The van der Waals surface area contributed by atoms with Gasteiger partial charge in [-0.05, 0) is 13.0 Å². The molecular formula is C14H21NO3. The minimum Gasteiger partial charge on any atom is -0.493 e. The van der Waals surface area contributed by atoms with E-state index in [1.807, 2.05) is 25.1 Å². The first kappa shape index (κ1) is 13.2. The van der Waals surface area contributed by atoms with Gasteiger partial charge in [-0.3, -0.25) is 0 Å². The molecule has 1 atom stereocenters. The minimum absolute atomic E-state index is 0.0711. The van der Waals surface area contributed by atoms with E-state index in [4.69, 9.17) is 19.9 Å². The van der Waals surface area contributed by atoms with Crippen LogP contribution in [0.5, 0.6) is 11.5 Å². The van der Waals surface area contributed by atoms with Crippen molar-refractivity contribution in [3.63, 3.8) is 0 Å². The van der Waals surface area contributed by atoms with Crippen LogP contribution in [0.2, 0.25) is 0 Å². The Morgan fingerprint density at radius 2 is 2.06 bits per heavy atom. The molecule has 1 aromatic rings. The number of benzene rings is 1. The highest BCUT2D eigenvalue weighted by molar-refractivity contribution is 5.48. The van der Waals surface area contributed by atoms with Crippen LogP contribution in [0.1, 0.15) is 31.4 Å². The smallest absolute Gasteiger partial charge is 0.165 e. The predicted octanol–water partition coefficient (Wildman–Crippen LogP) is 2.27. The molecule has 1 heterocycles. The Balaban J connectivity index is 2.18. The molecule has 2 rings (SSSR count). The van der Waals surface area contributed by atoms with Gasteiger partial charge in [-0.2, -0.15) is 0 Å². The van der Waals surface area contributed by atoms with E-state index in [9.17, 15) is 0 Å². The Labute approximate surface area is 108 Å². The molecule has 0 bridgehead atoms.